The maximum absolute atomic E-state index is 12.5. The number of rotatable bonds is 5. The van der Waals surface area contributed by atoms with E-state index in [0.29, 0.717) is 6.61 Å². The molecule has 0 aromatic heterocycles. The molecule has 1 amide bonds. The first-order valence-electron chi connectivity index (χ1n) is 8.17. The summed E-state index contributed by atoms with van der Waals surface area (Å²) in [6, 6.07) is 17.4. The Morgan fingerprint density at radius 1 is 0.958 bits per heavy atom. The Hall–Kier alpha value is -1.85. The van der Waals surface area contributed by atoms with E-state index in [1.165, 1.54) is 0 Å². The molecule has 3 rings (SSSR count). The summed E-state index contributed by atoms with van der Waals surface area (Å²) in [5.41, 5.74) is 0.749. The summed E-state index contributed by atoms with van der Waals surface area (Å²) < 4.78 is 6.73. The minimum absolute atomic E-state index is 0.114. The van der Waals surface area contributed by atoms with Crippen molar-refractivity contribution < 1.29 is 9.53 Å². The number of ether oxygens (including phenoxy) is 1. The molecule has 4 nitrogen and oxygen atoms in total. The van der Waals surface area contributed by atoms with Crippen LogP contribution in [0, 0.1) is 0 Å². The highest BCUT2D eigenvalue weighted by atomic mass is 79.9. The monoisotopic (exact) mass is 388 g/mol. The topological polar surface area (TPSA) is 32.8 Å². The number of amides is 1. The van der Waals surface area contributed by atoms with E-state index in [9.17, 15) is 4.79 Å². The fourth-order valence-electron chi connectivity index (χ4n) is 2.76. The van der Waals surface area contributed by atoms with E-state index in [-0.39, 0.29) is 5.91 Å². The zero-order chi connectivity index (χ0) is 16.8. The number of carbonyl (C=O) groups is 1. The lowest BCUT2D eigenvalue weighted by Gasteiger charge is -2.34. The van der Waals surface area contributed by atoms with Gasteiger partial charge in [0, 0.05) is 42.8 Å². The highest BCUT2D eigenvalue weighted by molar-refractivity contribution is 9.10. The molecule has 0 saturated carbocycles. The van der Waals surface area contributed by atoms with Gasteiger partial charge in [-0.05, 0) is 36.4 Å². The predicted octanol–water partition coefficient (Wildman–Crippen LogP) is 3.29. The highest BCUT2D eigenvalue weighted by Crippen LogP contribution is 2.14. The van der Waals surface area contributed by atoms with Crippen molar-refractivity contribution >= 4 is 21.8 Å². The summed E-state index contributed by atoms with van der Waals surface area (Å²) >= 11 is 3.40. The summed E-state index contributed by atoms with van der Waals surface area (Å²) in [4.78, 5) is 16.8. The van der Waals surface area contributed by atoms with Crippen molar-refractivity contribution in [1.29, 1.82) is 0 Å². The van der Waals surface area contributed by atoms with Gasteiger partial charge in [0.2, 0.25) is 0 Å². The second-order valence-electron chi connectivity index (χ2n) is 5.80. The second-order valence-corrected chi connectivity index (χ2v) is 6.72. The summed E-state index contributed by atoms with van der Waals surface area (Å²) in [6.07, 6.45) is 0. The second kappa shape index (κ2) is 8.31. The van der Waals surface area contributed by atoms with E-state index in [4.69, 9.17) is 4.74 Å². The van der Waals surface area contributed by atoms with Crippen LogP contribution in [0.25, 0.3) is 0 Å². The fourth-order valence-corrected chi connectivity index (χ4v) is 3.02. The molecule has 0 N–H and O–H groups in total. The number of nitrogens with zero attached hydrogens (tertiary/aromatic N) is 2. The molecular weight excluding hydrogens is 368 g/mol. The minimum Gasteiger partial charge on any atom is -0.492 e. The molecule has 1 heterocycles. The van der Waals surface area contributed by atoms with Crippen molar-refractivity contribution in [3.63, 3.8) is 0 Å². The van der Waals surface area contributed by atoms with Gasteiger partial charge in [-0.2, -0.15) is 0 Å². The van der Waals surface area contributed by atoms with Crippen molar-refractivity contribution in [3.8, 4) is 5.75 Å². The van der Waals surface area contributed by atoms with Gasteiger partial charge in [-0.3, -0.25) is 9.69 Å². The average Bonchev–Trinajstić information content (AvgIpc) is 2.63. The van der Waals surface area contributed by atoms with E-state index in [1.54, 1.807) is 0 Å². The first kappa shape index (κ1) is 17.0. The maximum atomic E-state index is 12.5. The Kier molecular flexibility index (Phi) is 5.88. The number of halogens is 1. The van der Waals surface area contributed by atoms with Gasteiger partial charge in [0.1, 0.15) is 12.4 Å². The highest BCUT2D eigenvalue weighted by Gasteiger charge is 2.21. The molecule has 5 heteroatoms. The van der Waals surface area contributed by atoms with Crippen LogP contribution in [0.1, 0.15) is 10.4 Å². The Labute approximate surface area is 151 Å². The molecule has 2 aromatic carbocycles. The van der Waals surface area contributed by atoms with Gasteiger partial charge < -0.3 is 9.64 Å². The van der Waals surface area contributed by atoms with Crippen molar-refractivity contribution in [2.24, 2.45) is 0 Å². The van der Waals surface area contributed by atoms with Crippen LogP contribution in [0.2, 0.25) is 0 Å². The van der Waals surface area contributed by atoms with E-state index in [0.717, 1.165) is 48.5 Å². The third-order valence-corrected chi connectivity index (χ3v) is 4.70. The zero-order valence-electron chi connectivity index (χ0n) is 13.5. The quantitative estimate of drug-likeness (QED) is 0.787. The lowest BCUT2D eigenvalue weighted by molar-refractivity contribution is 0.0620. The summed E-state index contributed by atoms with van der Waals surface area (Å²) in [5, 5.41) is 0. The van der Waals surface area contributed by atoms with Crippen molar-refractivity contribution in [2.45, 2.75) is 0 Å². The van der Waals surface area contributed by atoms with Crippen LogP contribution in [0.15, 0.2) is 59.1 Å². The largest absolute Gasteiger partial charge is 0.492 e. The number of hydrogen-bond acceptors (Lipinski definition) is 3. The fraction of sp³-hybridized carbons (Fsp3) is 0.316. The van der Waals surface area contributed by atoms with Crippen molar-refractivity contribution in [1.82, 2.24) is 9.80 Å². The molecule has 0 unspecified atom stereocenters. The Morgan fingerprint density at radius 2 is 1.62 bits per heavy atom. The van der Waals surface area contributed by atoms with E-state index >= 15 is 0 Å². The van der Waals surface area contributed by atoms with Crippen molar-refractivity contribution in [3.05, 3.63) is 64.6 Å². The van der Waals surface area contributed by atoms with Gasteiger partial charge in [-0.15, -0.1) is 0 Å². The third kappa shape index (κ3) is 4.58. The normalized spacial score (nSPS) is 15.3. The number of hydrogen-bond donors (Lipinski definition) is 0. The lowest BCUT2D eigenvalue weighted by Crippen LogP contribution is -2.49. The average molecular weight is 389 g/mol. The van der Waals surface area contributed by atoms with Crippen LogP contribution in [-0.4, -0.2) is 55.0 Å². The van der Waals surface area contributed by atoms with Crippen LogP contribution in [0.4, 0.5) is 0 Å². The summed E-state index contributed by atoms with van der Waals surface area (Å²) in [7, 11) is 0. The van der Waals surface area contributed by atoms with Gasteiger partial charge in [0.15, 0.2) is 0 Å². The van der Waals surface area contributed by atoms with Crippen LogP contribution < -0.4 is 4.74 Å². The van der Waals surface area contributed by atoms with Gasteiger partial charge in [-0.1, -0.05) is 34.1 Å². The third-order valence-electron chi connectivity index (χ3n) is 4.17. The molecule has 0 bridgehead atoms. The molecule has 1 saturated heterocycles. The van der Waals surface area contributed by atoms with E-state index < -0.39 is 0 Å². The number of piperazine rings is 1. The van der Waals surface area contributed by atoms with E-state index in [2.05, 4.69) is 20.8 Å². The van der Waals surface area contributed by atoms with Crippen LogP contribution in [0.3, 0.4) is 0 Å². The van der Waals surface area contributed by atoms with Gasteiger partial charge >= 0.3 is 0 Å². The smallest absolute Gasteiger partial charge is 0.253 e. The van der Waals surface area contributed by atoms with Crippen LogP contribution in [-0.2, 0) is 0 Å². The first-order chi connectivity index (χ1) is 11.7. The van der Waals surface area contributed by atoms with Crippen LogP contribution in [0.5, 0.6) is 5.75 Å². The Balaban J connectivity index is 1.42. The standard InChI is InChI=1S/C19H21BrN2O2/c20-17-8-6-16(7-9-17)19(23)22-12-10-21(11-13-22)14-15-24-18-4-2-1-3-5-18/h1-9H,10-15H2. The molecular formula is C19H21BrN2O2. The maximum Gasteiger partial charge on any atom is 0.253 e. The predicted molar refractivity (Wildman–Crippen MR) is 98.4 cm³/mol. The molecule has 0 aliphatic carbocycles. The summed E-state index contributed by atoms with van der Waals surface area (Å²) in [6.45, 7) is 4.86. The molecule has 1 fully saturated rings. The van der Waals surface area contributed by atoms with E-state index in [1.807, 2.05) is 59.5 Å². The SMILES string of the molecule is O=C(c1ccc(Br)cc1)N1CCN(CCOc2ccccc2)CC1. The molecule has 0 radical (unpaired) electrons. The Bertz CT molecular complexity index is 653. The molecule has 1 aliphatic heterocycles. The number of carbonyl (C=O) groups excluding carboxylic acids is 1. The summed E-state index contributed by atoms with van der Waals surface area (Å²) in [5.74, 6) is 1.02. The Morgan fingerprint density at radius 3 is 2.29 bits per heavy atom. The number of para-hydroxylation sites is 1. The van der Waals surface area contributed by atoms with Crippen molar-refractivity contribution in [2.75, 3.05) is 39.3 Å². The van der Waals surface area contributed by atoms with Gasteiger partial charge in [-0.25, -0.2) is 0 Å². The minimum atomic E-state index is 0.114. The molecule has 1 aliphatic rings. The molecule has 24 heavy (non-hydrogen) atoms. The van der Waals surface area contributed by atoms with Gasteiger partial charge in [0.05, 0.1) is 0 Å². The molecule has 0 spiro atoms. The van der Waals surface area contributed by atoms with Gasteiger partial charge in [0.25, 0.3) is 5.91 Å². The lowest BCUT2D eigenvalue weighted by atomic mass is 10.2. The number of benzene rings is 2. The zero-order valence-corrected chi connectivity index (χ0v) is 15.1. The molecule has 0 atom stereocenters. The molecule has 126 valence electrons. The van der Waals surface area contributed by atoms with Crippen LogP contribution >= 0.6 is 15.9 Å². The first-order valence-corrected chi connectivity index (χ1v) is 8.97. The molecule has 2 aromatic rings.